The fourth-order valence-electron chi connectivity index (χ4n) is 2.62. The van der Waals surface area contributed by atoms with Gasteiger partial charge in [-0.25, -0.2) is 4.39 Å². The molecule has 2 aromatic rings. The first-order chi connectivity index (χ1) is 9.54. The third kappa shape index (κ3) is 1.97. The lowest BCUT2D eigenvalue weighted by Gasteiger charge is -1.97. The zero-order valence-corrected chi connectivity index (χ0v) is 11.3. The molecule has 2 atom stereocenters. The maximum atomic E-state index is 13.6. The molecule has 0 bridgehead atoms. The van der Waals surface area contributed by atoms with Crippen LogP contribution in [0, 0.1) is 28.5 Å². The summed E-state index contributed by atoms with van der Waals surface area (Å²) < 4.78 is 18.8. The number of nitrogens with zero attached hydrogens (tertiary/aromatic N) is 3. The standard InChI is InChI=1S/C15H14FN3O/c1-15(2)10(8-17)13(15)14-18-12(19-20-14)7-9-5-3-4-6-11(9)16/h3-6,10,13H,7H2,1-2H3. The fraction of sp³-hybridized carbons (Fsp3) is 0.400. The maximum Gasteiger partial charge on any atom is 0.231 e. The summed E-state index contributed by atoms with van der Waals surface area (Å²) in [5.74, 6) is 0.538. The Balaban J connectivity index is 1.79. The van der Waals surface area contributed by atoms with E-state index in [0.717, 1.165) is 0 Å². The van der Waals surface area contributed by atoms with Gasteiger partial charge in [0.1, 0.15) is 5.82 Å². The van der Waals surface area contributed by atoms with Gasteiger partial charge >= 0.3 is 0 Å². The zero-order valence-electron chi connectivity index (χ0n) is 11.3. The molecule has 0 amide bonds. The average molecular weight is 271 g/mol. The predicted octanol–water partition coefficient (Wildman–Crippen LogP) is 3.06. The second-order valence-electron chi connectivity index (χ2n) is 5.72. The van der Waals surface area contributed by atoms with E-state index in [1.165, 1.54) is 6.07 Å². The van der Waals surface area contributed by atoms with E-state index < -0.39 is 0 Å². The van der Waals surface area contributed by atoms with Gasteiger partial charge in [0.2, 0.25) is 5.89 Å². The van der Waals surface area contributed by atoms with E-state index in [0.29, 0.717) is 23.7 Å². The van der Waals surface area contributed by atoms with Crippen molar-refractivity contribution in [2.24, 2.45) is 11.3 Å². The number of benzene rings is 1. The summed E-state index contributed by atoms with van der Waals surface area (Å²) in [6.07, 6.45) is 0.292. The minimum atomic E-state index is -0.277. The van der Waals surface area contributed by atoms with Crippen LogP contribution in [0.4, 0.5) is 4.39 Å². The van der Waals surface area contributed by atoms with Gasteiger partial charge < -0.3 is 4.52 Å². The summed E-state index contributed by atoms with van der Waals surface area (Å²) in [6, 6.07) is 8.78. The van der Waals surface area contributed by atoms with Crippen molar-refractivity contribution in [1.29, 1.82) is 5.26 Å². The van der Waals surface area contributed by atoms with E-state index >= 15 is 0 Å². The van der Waals surface area contributed by atoms with Crippen LogP contribution in [0.5, 0.6) is 0 Å². The summed E-state index contributed by atoms with van der Waals surface area (Å²) in [6.45, 7) is 4.01. The van der Waals surface area contributed by atoms with Crippen molar-refractivity contribution < 1.29 is 8.91 Å². The van der Waals surface area contributed by atoms with E-state index in [2.05, 4.69) is 16.2 Å². The molecule has 1 saturated carbocycles. The van der Waals surface area contributed by atoms with Crippen molar-refractivity contribution >= 4 is 0 Å². The number of hydrogen-bond donors (Lipinski definition) is 0. The Kier molecular flexibility index (Phi) is 2.82. The molecule has 1 aliphatic rings. The zero-order chi connectivity index (χ0) is 14.3. The Bertz CT molecular complexity index is 686. The molecule has 0 radical (unpaired) electrons. The number of halogens is 1. The van der Waals surface area contributed by atoms with Crippen molar-refractivity contribution in [1.82, 2.24) is 10.1 Å². The molecule has 20 heavy (non-hydrogen) atoms. The highest BCUT2D eigenvalue weighted by Crippen LogP contribution is 2.63. The smallest absolute Gasteiger partial charge is 0.231 e. The minimum absolute atomic E-state index is 0.0191. The molecular weight excluding hydrogens is 257 g/mol. The van der Waals surface area contributed by atoms with Crippen LogP contribution in [-0.2, 0) is 6.42 Å². The summed E-state index contributed by atoms with van der Waals surface area (Å²) in [5.41, 5.74) is 0.406. The number of hydrogen-bond acceptors (Lipinski definition) is 4. The molecule has 1 aromatic heterocycles. The summed E-state index contributed by atoms with van der Waals surface area (Å²) >= 11 is 0. The highest BCUT2D eigenvalue weighted by atomic mass is 19.1. The molecule has 0 saturated heterocycles. The average Bonchev–Trinajstić information content (AvgIpc) is 2.75. The molecule has 1 heterocycles. The highest BCUT2D eigenvalue weighted by Gasteiger charge is 2.62. The van der Waals surface area contributed by atoms with Gasteiger partial charge in [0.15, 0.2) is 5.82 Å². The third-order valence-corrected chi connectivity index (χ3v) is 4.02. The molecule has 102 valence electrons. The lowest BCUT2D eigenvalue weighted by atomic mass is 10.1. The molecular formula is C15H14FN3O. The molecule has 1 fully saturated rings. The van der Waals surface area contributed by atoms with Crippen LogP contribution in [0.3, 0.4) is 0 Å². The lowest BCUT2D eigenvalue weighted by molar-refractivity contribution is 0.363. The van der Waals surface area contributed by atoms with E-state index in [1.807, 2.05) is 13.8 Å². The quantitative estimate of drug-likeness (QED) is 0.860. The van der Waals surface area contributed by atoms with Gasteiger partial charge in [-0.2, -0.15) is 10.2 Å². The molecule has 0 aliphatic heterocycles. The van der Waals surface area contributed by atoms with Gasteiger partial charge in [-0.05, 0) is 17.0 Å². The predicted molar refractivity (Wildman–Crippen MR) is 69.1 cm³/mol. The Morgan fingerprint density at radius 1 is 1.40 bits per heavy atom. The van der Waals surface area contributed by atoms with Crippen LogP contribution in [0.25, 0.3) is 0 Å². The normalized spacial score (nSPS) is 23.3. The van der Waals surface area contributed by atoms with Gasteiger partial charge in [0.05, 0.1) is 17.9 Å². The molecule has 1 aromatic carbocycles. The van der Waals surface area contributed by atoms with Crippen LogP contribution in [0.1, 0.15) is 37.0 Å². The molecule has 4 nitrogen and oxygen atoms in total. The van der Waals surface area contributed by atoms with Crippen LogP contribution in [-0.4, -0.2) is 10.1 Å². The lowest BCUT2D eigenvalue weighted by Crippen LogP contribution is -1.95. The van der Waals surface area contributed by atoms with Gasteiger partial charge in [0.25, 0.3) is 0 Å². The molecule has 1 aliphatic carbocycles. The summed E-state index contributed by atoms with van der Waals surface area (Å²) in [5, 5.41) is 12.9. The van der Waals surface area contributed by atoms with Crippen molar-refractivity contribution in [3.05, 3.63) is 47.4 Å². The molecule has 5 heteroatoms. The van der Waals surface area contributed by atoms with E-state index in [4.69, 9.17) is 9.78 Å². The summed E-state index contributed by atoms with van der Waals surface area (Å²) in [4.78, 5) is 4.31. The van der Waals surface area contributed by atoms with E-state index in [-0.39, 0.29) is 23.1 Å². The molecule has 2 unspecified atom stereocenters. The first-order valence-electron chi connectivity index (χ1n) is 6.49. The SMILES string of the molecule is CC1(C)C(C#N)C1c1nc(Cc2ccccc2F)no1. The molecule has 3 rings (SSSR count). The summed E-state index contributed by atoms with van der Waals surface area (Å²) in [7, 11) is 0. The Hall–Kier alpha value is -2.22. The highest BCUT2D eigenvalue weighted by molar-refractivity contribution is 5.27. The monoisotopic (exact) mass is 271 g/mol. The molecule has 0 N–H and O–H groups in total. The van der Waals surface area contributed by atoms with Crippen molar-refractivity contribution in [3.63, 3.8) is 0 Å². The van der Waals surface area contributed by atoms with Gasteiger partial charge in [-0.3, -0.25) is 0 Å². The van der Waals surface area contributed by atoms with E-state index in [1.54, 1.807) is 18.2 Å². The van der Waals surface area contributed by atoms with Gasteiger partial charge in [-0.1, -0.05) is 37.2 Å². The van der Waals surface area contributed by atoms with Crippen LogP contribution >= 0.6 is 0 Å². The van der Waals surface area contributed by atoms with Crippen LogP contribution in [0.15, 0.2) is 28.8 Å². The second-order valence-corrected chi connectivity index (χ2v) is 5.72. The number of rotatable bonds is 3. The van der Waals surface area contributed by atoms with Gasteiger partial charge in [-0.15, -0.1) is 0 Å². The topological polar surface area (TPSA) is 62.7 Å². The number of nitriles is 1. The van der Waals surface area contributed by atoms with E-state index in [9.17, 15) is 4.39 Å². The van der Waals surface area contributed by atoms with Crippen molar-refractivity contribution in [2.45, 2.75) is 26.2 Å². The van der Waals surface area contributed by atoms with Gasteiger partial charge in [0, 0.05) is 6.42 Å². The maximum absolute atomic E-state index is 13.6. The van der Waals surface area contributed by atoms with Crippen molar-refractivity contribution in [3.8, 4) is 6.07 Å². The number of aromatic nitrogens is 2. The minimum Gasteiger partial charge on any atom is -0.339 e. The third-order valence-electron chi connectivity index (χ3n) is 4.02. The first kappa shape index (κ1) is 12.8. The fourth-order valence-corrected chi connectivity index (χ4v) is 2.62. The molecule has 0 spiro atoms. The second kappa shape index (κ2) is 4.41. The van der Waals surface area contributed by atoms with Crippen LogP contribution < -0.4 is 0 Å². The Morgan fingerprint density at radius 2 is 2.15 bits per heavy atom. The Morgan fingerprint density at radius 3 is 2.80 bits per heavy atom. The largest absolute Gasteiger partial charge is 0.339 e. The Labute approximate surface area is 116 Å². The van der Waals surface area contributed by atoms with Crippen LogP contribution in [0.2, 0.25) is 0 Å². The van der Waals surface area contributed by atoms with Crippen molar-refractivity contribution in [2.75, 3.05) is 0 Å². The first-order valence-corrected chi connectivity index (χ1v) is 6.49.